The van der Waals surface area contributed by atoms with Crippen LogP contribution >= 0.6 is 11.3 Å². The summed E-state index contributed by atoms with van der Waals surface area (Å²) in [5, 5.41) is 9.19. The van der Waals surface area contributed by atoms with Gasteiger partial charge in [-0.05, 0) is 24.6 Å². The highest BCUT2D eigenvalue weighted by Crippen LogP contribution is 2.25. The van der Waals surface area contributed by atoms with Gasteiger partial charge in [0.1, 0.15) is 5.01 Å². The molecule has 1 aliphatic heterocycles. The van der Waals surface area contributed by atoms with Crippen LogP contribution in [0.25, 0.3) is 10.6 Å². The minimum absolute atomic E-state index is 0.0542. The zero-order valence-electron chi connectivity index (χ0n) is 11.3. The van der Waals surface area contributed by atoms with Crippen molar-refractivity contribution in [2.45, 2.75) is 6.92 Å². The Bertz CT molecular complexity index is 597. The van der Waals surface area contributed by atoms with Gasteiger partial charge in [0.05, 0.1) is 5.92 Å². The number of nitrogens with one attached hydrogen (secondary N) is 2. The van der Waals surface area contributed by atoms with Crippen LogP contribution in [0.1, 0.15) is 6.92 Å². The summed E-state index contributed by atoms with van der Waals surface area (Å²) in [5.74, 6) is 0.537. The fourth-order valence-corrected chi connectivity index (χ4v) is 3.13. The van der Waals surface area contributed by atoms with E-state index in [1.807, 2.05) is 29.6 Å². The van der Waals surface area contributed by atoms with E-state index in [0.29, 0.717) is 5.92 Å². The Morgan fingerprint density at radius 2 is 2.35 bits per heavy atom. The van der Waals surface area contributed by atoms with Crippen LogP contribution in [0.4, 0.5) is 5.69 Å². The third kappa shape index (κ3) is 2.73. The van der Waals surface area contributed by atoms with Crippen LogP contribution in [0.2, 0.25) is 0 Å². The van der Waals surface area contributed by atoms with E-state index in [4.69, 9.17) is 0 Å². The molecule has 1 aromatic heterocycles. The van der Waals surface area contributed by atoms with Crippen molar-refractivity contribution in [2.75, 3.05) is 18.4 Å². The molecule has 1 aromatic carbocycles. The molecule has 0 spiro atoms. The molecule has 20 heavy (non-hydrogen) atoms. The molecule has 2 aromatic rings. The van der Waals surface area contributed by atoms with Crippen molar-refractivity contribution in [3.05, 3.63) is 35.8 Å². The molecule has 2 N–H and O–H groups in total. The number of carbonyl (C=O) groups excluding carboxylic acids is 1. The quantitative estimate of drug-likeness (QED) is 0.912. The molecular formula is C15H17N3OS. The van der Waals surface area contributed by atoms with Crippen LogP contribution in [0.3, 0.4) is 0 Å². The van der Waals surface area contributed by atoms with E-state index in [-0.39, 0.29) is 11.8 Å². The number of aromatic nitrogens is 1. The van der Waals surface area contributed by atoms with E-state index in [1.54, 1.807) is 17.5 Å². The van der Waals surface area contributed by atoms with Crippen molar-refractivity contribution in [3.8, 4) is 10.6 Å². The van der Waals surface area contributed by atoms with E-state index in [0.717, 1.165) is 29.3 Å². The first-order chi connectivity index (χ1) is 9.74. The van der Waals surface area contributed by atoms with Crippen LogP contribution in [-0.2, 0) is 4.79 Å². The molecule has 0 bridgehead atoms. The Morgan fingerprint density at radius 1 is 1.45 bits per heavy atom. The lowest BCUT2D eigenvalue weighted by molar-refractivity contribution is -0.120. The minimum atomic E-state index is 0.0542. The molecule has 0 aliphatic carbocycles. The van der Waals surface area contributed by atoms with Gasteiger partial charge in [-0.1, -0.05) is 19.1 Å². The molecule has 4 nitrogen and oxygen atoms in total. The summed E-state index contributed by atoms with van der Waals surface area (Å²) in [5.41, 5.74) is 1.87. The van der Waals surface area contributed by atoms with Gasteiger partial charge in [0.2, 0.25) is 5.91 Å². The fourth-order valence-electron chi connectivity index (χ4n) is 2.49. The number of rotatable bonds is 3. The maximum absolute atomic E-state index is 12.3. The molecule has 3 rings (SSSR count). The molecule has 1 amide bonds. The van der Waals surface area contributed by atoms with Crippen molar-refractivity contribution in [1.29, 1.82) is 0 Å². The highest BCUT2D eigenvalue weighted by molar-refractivity contribution is 7.13. The van der Waals surface area contributed by atoms with Gasteiger partial charge in [-0.3, -0.25) is 4.79 Å². The number of carbonyl (C=O) groups is 1. The van der Waals surface area contributed by atoms with E-state index in [1.165, 1.54) is 0 Å². The topological polar surface area (TPSA) is 54.0 Å². The third-order valence-electron chi connectivity index (χ3n) is 3.66. The van der Waals surface area contributed by atoms with Crippen molar-refractivity contribution in [1.82, 2.24) is 10.3 Å². The molecule has 0 unspecified atom stereocenters. The molecule has 2 heterocycles. The molecule has 1 fully saturated rings. The monoisotopic (exact) mass is 287 g/mol. The normalized spacial score (nSPS) is 21.9. The third-order valence-corrected chi connectivity index (χ3v) is 4.49. The van der Waals surface area contributed by atoms with E-state index in [9.17, 15) is 4.79 Å². The Kier molecular flexibility index (Phi) is 3.80. The molecule has 2 atom stereocenters. The predicted molar refractivity (Wildman–Crippen MR) is 81.7 cm³/mol. The summed E-state index contributed by atoms with van der Waals surface area (Å²) in [6.45, 7) is 3.78. The number of amides is 1. The van der Waals surface area contributed by atoms with Crippen LogP contribution in [-0.4, -0.2) is 24.0 Å². The number of thiazole rings is 1. The van der Waals surface area contributed by atoms with Crippen LogP contribution in [0.15, 0.2) is 35.8 Å². The molecule has 0 saturated carbocycles. The van der Waals surface area contributed by atoms with Crippen LogP contribution in [0, 0.1) is 11.8 Å². The average molecular weight is 287 g/mol. The van der Waals surface area contributed by atoms with Gasteiger partial charge in [-0.25, -0.2) is 4.98 Å². The Balaban J connectivity index is 1.74. The summed E-state index contributed by atoms with van der Waals surface area (Å²) in [4.78, 5) is 16.6. The van der Waals surface area contributed by atoms with Gasteiger partial charge in [-0.2, -0.15) is 0 Å². The van der Waals surface area contributed by atoms with E-state index in [2.05, 4.69) is 22.5 Å². The Labute approximate surface area is 122 Å². The standard InChI is InChI=1S/C15H17N3OS/c1-10-8-16-9-13(10)14(19)18-12-4-2-3-11(7-12)15-17-5-6-20-15/h2-7,10,13,16H,8-9H2,1H3,(H,18,19)/t10-,13-/m1/s1. The molecule has 1 aliphatic rings. The van der Waals surface area contributed by atoms with Gasteiger partial charge in [0.15, 0.2) is 0 Å². The van der Waals surface area contributed by atoms with Crippen LogP contribution < -0.4 is 10.6 Å². The summed E-state index contributed by atoms with van der Waals surface area (Å²) < 4.78 is 0. The summed E-state index contributed by atoms with van der Waals surface area (Å²) in [7, 11) is 0. The first kappa shape index (κ1) is 13.3. The molecule has 0 radical (unpaired) electrons. The SMILES string of the molecule is C[C@@H]1CNC[C@H]1C(=O)Nc1cccc(-c2nccs2)c1. The molecule has 5 heteroatoms. The molecule has 104 valence electrons. The molecular weight excluding hydrogens is 270 g/mol. The maximum atomic E-state index is 12.3. The summed E-state index contributed by atoms with van der Waals surface area (Å²) >= 11 is 1.60. The minimum Gasteiger partial charge on any atom is -0.326 e. The van der Waals surface area contributed by atoms with Gasteiger partial charge >= 0.3 is 0 Å². The number of hydrogen-bond acceptors (Lipinski definition) is 4. The maximum Gasteiger partial charge on any atom is 0.229 e. The number of anilines is 1. The van der Waals surface area contributed by atoms with Crippen molar-refractivity contribution >= 4 is 22.9 Å². The lowest BCUT2D eigenvalue weighted by Crippen LogP contribution is -2.27. The van der Waals surface area contributed by atoms with Crippen molar-refractivity contribution in [3.63, 3.8) is 0 Å². The van der Waals surface area contributed by atoms with E-state index >= 15 is 0 Å². The van der Waals surface area contributed by atoms with Gasteiger partial charge in [0.25, 0.3) is 0 Å². The first-order valence-electron chi connectivity index (χ1n) is 6.75. The van der Waals surface area contributed by atoms with E-state index < -0.39 is 0 Å². The lowest BCUT2D eigenvalue weighted by Gasteiger charge is -2.14. The number of benzene rings is 1. The van der Waals surface area contributed by atoms with Crippen LogP contribution in [0.5, 0.6) is 0 Å². The summed E-state index contributed by atoms with van der Waals surface area (Å²) in [6, 6.07) is 7.85. The first-order valence-corrected chi connectivity index (χ1v) is 7.63. The summed E-state index contributed by atoms with van der Waals surface area (Å²) in [6.07, 6.45) is 1.79. The number of hydrogen-bond donors (Lipinski definition) is 2. The van der Waals surface area contributed by atoms with Crippen molar-refractivity contribution in [2.24, 2.45) is 11.8 Å². The molecule has 1 saturated heterocycles. The zero-order chi connectivity index (χ0) is 13.9. The van der Waals surface area contributed by atoms with Gasteiger partial charge < -0.3 is 10.6 Å². The van der Waals surface area contributed by atoms with Crippen molar-refractivity contribution < 1.29 is 4.79 Å². The largest absolute Gasteiger partial charge is 0.326 e. The van der Waals surface area contributed by atoms with Gasteiger partial charge in [0, 0.05) is 29.4 Å². The number of nitrogens with zero attached hydrogens (tertiary/aromatic N) is 1. The second-order valence-corrected chi connectivity index (χ2v) is 6.04. The lowest BCUT2D eigenvalue weighted by atomic mass is 9.97. The Hall–Kier alpha value is -1.72. The second-order valence-electron chi connectivity index (χ2n) is 5.15. The zero-order valence-corrected chi connectivity index (χ0v) is 12.1. The Morgan fingerprint density at radius 3 is 3.05 bits per heavy atom. The average Bonchev–Trinajstić information content (AvgIpc) is 3.09. The highest BCUT2D eigenvalue weighted by atomic mass is 32.1. The highest BCUT2D eigenvalue weighted by Gasteiger charge is 2.29. The fraction of sp³-hybridized carbons (Fsp3) is 0.333. The second kappa shape index (κ2) is 5.73. The predicted octanol–water partition coefficient (Wildman–Crippen LogP) is 2.60. The van der Waals surface area contributed by atoms with Gasteiger partial charge in [-0.15, -0.1) is 11.3 Å². The smallest absolute Gasteiger partial charge is 0.229 e.